The van der Waals surface area contributed by atoms with E-state index < -0.39 is 0 Å². The van der Waals surface area contributed by atoms with Crippen molar-refractivity contribution in [3.8, 4) is 5.75 Å². The molecule has 0 aromatic carbocycles. The van der Waals surface area contributed by atoms with E-state index in [9.17, 15) is 0 Å². The molecule has 3 heteroatoms. The van der Waals surface area contributed by atoms with Gasteiger partial charge in [0.2, 0.25) is 0 Å². The Labute approximate surface area is 70.5 Å². The van der Waals surface area contributed by atoms with E-state index >= 15 is 0 Å². The molecule has 1 heterocycles. The molecule has 0 N–H and O–H groups in total. The summed E-state index contributed by atoms with van der Waals surface area (Å²) in [5.74, 6) is 0.838. The van der Waals surface area contributed by atoms with Crippen LogP contribution in [0, 0.1) is 0 Å². The second-order valence-corrected chi connectivity index (χ2v) is 3.05. The average molecular weight is 169 g/mol. The Hall–Kier alpha value is -0.830. The third-order valence-electron chi connectivity index (χ3n) is 1.24. The van der Waals surface area contributed by atoms with Crippen LogP contribution >= 0.6 is 11.3 Å². The maximum atomic E-state index is 5.02. The quantitative estimate of drug-likeness (QED) is 0.503. The van der Waals surface area contributed by atoms with Crippen molar-refractivity contribution in [3.05, 3.63) is 16.3 Å². The molecular weight excluding hydrogens is 158 g/mol. The minimum absolute atomic E-state index is 0.838. The van der Waals surface area contributed by atoms with Gasteiger partial charge in [0.25, 0.3) is 0 Å². The zero-order chi connectivity index (χ0) is 8.10. The monoisotopic (exact) mass is 169 g/mol. The molecule has 1 aromatic heterocycles. The summed E-state index contributed by atoms with van der Waals surface area (Å²) in [4.78, 5) is 6.34. The van der Waals surface area contributed by atoms with Gasteiger partial charge in [0, 0.05) is 16.5 Å². The molecule has 2 nitrogen and oxygen atoms in total. The van der Waals surface area contributed by atoms with Crippen LogP contribution in [0.4, 0.5) is 0 Å². The summed E-state index contributed by atoms with van der Waals surface area (Å²) in [6.45, 7) is 3.95. The van der Waals surface area contributed by atoms with Crippen molar-refractivity contribution in [2.75, 3.05) is 0 Å². The van der Waals surface area contributed by atoms with Gasteiger partial charge in [-0.2, -0.15) is 0 Å². The Kier molecular flexibility index (Phi) is 3.11. The van der Waals surface area contributed by atoms with E-state index in [2.05, 4.69) is 12.1 Å². The fraction of sp³-hybridized carbons (Fsp3) is 0.375. The number of thiophene rings is 1. The van der Waals surface area contributed by atoms with Crippen LogP contribution in [-0.2, 0) is 6.42 Å². The molecule has 0 atom stereocenters. The molecule has 0 bridgehead atoms. The van der Waals surface area contributed by atoms with Gasteiger partial charge in [0.05, 0.1) is 0 Å². The van der Waals surface area contributed by atoms with Crippen LogP contribution in [0.2, 0.25) is 0 Å². The van der Waals surface area contributed by atoms with Crippen molar-refractivity contribution < 1.29 is 4.84 Å². The number of rotatable bonds is 3. The molecule has 0 aliphatic rings. The van der Waals surface area contributed by atoms with Crippen molar-refractivity contribution in [2.24, 2.45) is 5.16 Å². The van der Waals surface area contributed by atoms with E-state index in [0.717, 1.165) is 12.2 Å². The molecule has 0 aliphatic carbocycles. The molecule has 0 saturated carbocycles. The van der Waals surface area contributed by atoms with E-state index in [0.29, 0.717) is 0 Å². The number of nitrogens with zero attached hydrogens (tertiary/aromatic N) is 1. The van der Waals surface area contributed by atoms with Crippen molar-refractivity contribution in [1.29, 1.82) is 0 Å². The normalized spacial score (nSPS) is 10.7. The fourth-order valence-electron chi connectivity index (χ4n) is 0.707. The summed E-state index contributed by atoms with van der Waals surface area (Å²) in [6.07, 6.45) is 2.69. The van der Waals surface area contributed by atoms with Gasteiger partial charge < -0.3 is 4.84 Å². The average Bonchev–Trinajstić information content (AvgIpc) is 2.48. The molecule has 0 amide bonds. The minimum atomic E-state index is 0.838. The lowest BCUT2D eigenvalue weighted by Gasteiger charge is -1.89. The molecular formula is C8H11NOS. The number of aryl methyl sites for hydroxylation is 1. The smallest absolute Gasteiger partial charge is 0.168 e. The van der Waals surface area contributed by atoms with Gasteiger partial charge in [0.1, 0.15) is 0 Å². The van der Waals surface area contributed by atoms with E-state index in [4.69, 9.17) is 4.84 Å². The Morgan fingerprint density at radius 3 is 3.09 bits per heavy atom. The van der Waals surface area contributed by atoms with Crippen LogP contribution in [-0.4, -0.2) is 6.21 Å². The highest BCUT2D eigenvalue weighted by atomic mass is 32.1. The van der Waals surface area contributed by atoms with Crippen LogP contribution in [0.5, 0.6) is 5.75 Å². The molecule has 0 saturated heterocycles. The van der Waals surface area contributed by atoms with Gasteiger partial charge in [-0.1, -0.05) is 12.1 Å². The predicted octanol–water partition coefficient (Wildman–Crippen LogP) is 2.70. The number of hydrogen-bond acceptors (Lipinski definition) is 3. The standard InChI is InChI=1S/C8H11NOS/c1-3-8-5-7(6-11-8)10-9-4-2/h4-6H,3H2,1-2H3/b9-4+. The van der Waals surface area contributed by atoms with Crippen LogP contribution in [0.25, 0.3) is 0 Å². The first-order chi connectivity index (χ1) is 5.36. The number of hydrogen-bond donors (Lipinski definition) is 0. The van der Waals surface area contributed by atoms with E-state index in [1.54, 1.807) is 17.6 Å². The van der Waals surface area contributed by atoms with E-state index in [1.165, 1.54) is 4.88 Å². The third kappa shape index (κ3) is 2.35. The molecule has 0 unspecified atom stereocenters. The van der Waals surface area contributed by atoms with E-state index in [-0.39, 0.29) is 0 Å². The first kappa shape index (κ1) is 8.27. The van der Waals surface area contributed by atoms with Gasteiger partial charge >= 0.3 is 0 Å². The van der Waals surface area contributed by atoms with Crippen molar-refractivity contribution in [1.82, 2.24) is 0 Å². The van der Waals surface area contributed by atoms with E-state index in [1.807, 2.05) is 18.4 Å². The highest BCUT2D eigenvalue weighted by Crippen LogP contribution is 2.21. The van der Waals surface area contributed by atoms with Gasteiger partial charge in [-0.25, -0.2) is 0 Å². The van der Waals surface area contributed by atoms with Gasteiger partial charge in [-0.3, -0.25) is 0 Å². The molecule has 1 aromatic rings. The van der Waals surface area contributed by atoms with Crippen LogP contribution in [0.3, 0.4) is 0 Å². The fourth-order valence-corrected chi connectivity index (χ4v) is 1.44. The first-order valence-electron chi connectivity index (χ1n) is 3.59. The second kappa shape index (κ2) is 4.13. The summed E-state index contributed by atoms with van der Waals surface area (Å²) >= 11 is 1.70. The van der Waals surface area contributed by atoms with Crippen molar-refractivity contribution >= 4 is 17.6 Å². The molecule has 0 aliphatic heterocycles. The summed E-state index contributed by atoms with van der Waals surface area (Å²) in [5.41, 5.74) is 0. The topological polar surface area (TPSA) is 21.6 Å². The zero-order valence-corrected chi connectivity index (χ0v) is 7.52. The second-order valence-electron chi connectivity index (χ2n) is 2.06. The summed E-state index contributed by atoms with van der Waals surface area (Å²) < 4.78 is 0. The predicted molar refractivity (Wildman–Crippen MR) is 48.5 cm³/mol. The Balaban J connectivity index is 2.58. The summed E-state index contributed by atoms with van der Waals surface area (Å²) in [6, 6.07) is 2.01. The molecule has 60 valence electrons. The molecule has 0 radical (unpaired) electrons. The lowest BCUT2D eigenvalue weighted by atomic mass is 10.4. The lowest BCUT2D eigenvalue weighted by Crippen LogP contribution is -1.78. The molecule has 11 heavy (non-hydrogen) atoms. The largest absolute Gasteiger partial charge is 0.356 e. The maximum Gasteiger partial charge on any atom is 0.168 e. The maximum absolute atomic E-state index is 5.02. The SMILES string of the molecule is C/C=N/Oc1csc(CC)c1. The molecule has 0 fully saturated rings. The Morgan fingerprint density at radius 2 is 2.55 bits per heavy atom. The number of oxime groups is 1. The van der Waals surface area contributed by atoms with Crippen molar-refractivity contribution in [3.63, 3.8) is 0 Å². The van der Waals surface area contributed by atoms with Crippen LogP contribution in [0.15, 0.2) is 16.6 Å². The third-order valence-corrected chi connectivity index (χ3v) is 2.30. The van der Waals surface area contributed by atoms with Gasteiger partial charge in [0.15, 0.2) is 5.75 Å². The molecule has 1 rings (SSSR count). The van der Waals surface area contributed by atoms with Gasteiger partial charge in [-0.05, 0) is 19.4 Å². The lowest BCUT2D eigenvalue weighted by molar-refractivity contribution is 0.345. The summed E-state index contributed by atoms with van der Waals surface area (Å²) in [7, 11) is 0. The highest BCUT2D eigenvalue weighted by molar-refractivity contribution is 7.10. The highest BCUT2D eigenvalue weighted by Gasteiger charge is 1.96. The molecule has 0 spiro atoms. The van der Waals surface area contributed by atoms with Gasteiger partial charge in [-0.15, -0.1) is 11.3 Å². The first-order valence-corrected chi connectivity index (χ1v) is 4.47. The van der Waals surface area contributed by atoms with Crippen molar-refractivity contribution in [2.45, 2.75) is 20.3 Å². The zero-order valence-electron chi connectivity index (χ0n) is 6.70. The minimum Gasteiger partial charge on any atom is -0.356 e. The Bertz CT molecular complexity index is 242. The van der Waals surface area contributed by atoms with Crippen LogP contribution < -0.4 is 4.84 Å². The van der Waals surface area contributed by atoms with Crippen LogP contribution in [0.1, 0.15) is 18.7 Å². The summed E-state index contributed by atoms with van der Waals surface area (Å²) in [5, 5.41) is 5.64. The Morgan fingerprint density at radius 1 is 1.73 bits per heavy atom.